The van der Waals surface area contributed by atoms with Crippen LogP contribution < -0.4 is 36.5 Å². The number of nitrogen functional groups attached to an aromatic ring is 1. The maximum atomic E-state index is 14.1. The summed E-state index contributed by atoms with van der Waals surface area (Å²) in [6.45, 7) is 5.23. The van der Waals surface area contributed by atoms with Crippen LogP contribution in [0.4, 0.5) is 11.6 Å². The summed E-state index contributed by atoms with van der Waals surface area (Å²) in [5.41, 5.74) is 10.2. The number of aryl methyl sites for hydroxylation is 3. The van der Waals surface area contributed by atoms with E-state index in [-0.39, 0.29) is 80.6 Å². The molecule has 1 unspecified atom stereocenters. The van der Waals surface area contributed by atoms with Crippen LogP contribution in [0.1, 0.15) is 67.2 Å². The number of ether oxygens (including phenoxy) is 2. The molecule has 4 aromatic carbocycles. The molecule has 21 heteroatoms. The lowest BCUT2D eigenvalue weighted by molar-refractivity contribution is -0.645. The fraction of sp³-hybridized carbons (Fsp3) is 0.286. The first-order valence-corrected chi connectivity index (χ1v) is 24.2. The molecule has 4 heterocycles. The smallest absolute Gasteiger partial charge is 0.345 e. The van der Waals surface area contributed by atoms with E-state index in [4.69, 9.17) is 15.2 Å². The van der Waals surface area contributed by atoms with Gasteiger partial charge in [0.15, 0.2) is 17.7 Å². The minimum atomic E-state index is -4.15. The van der Waals surface area contributed by atoms with Crippen molar-refractivity contribution in [3.8, 4) is 5.75 Å². The summed E-state index contributed by atoms with van der Waals surface area (Å²) in [7, 11) is -4.15. The SMILES string of the molecule is Cc1cc(C(=O)NCCOCCNC(=O)C2CCCN2C(=O)c2ccc(NCc3cnc4nc(N)[nH]c(=O)c4n3)cc2)cc(C)c1OC(=O)c1c2ccccc2[n+](CCCS(=O)(=O)O)c2ccccc12. The predicted octanol–water partition coefficient (Wildman–Crippen LogP) is 3.78. The molecule has 0 bridgehead atoms. The molecule has 0 radical (unpaired) electrons. The number of hydrogen-bond acceptors (Lipinski definition) is 14. The van der Waals surface area contributed by atoms with Crippen molar-refractivity contribution in [3.05, 3.63) is 135 Å². The van der Waals surface area contributed by atoms with Crippen molar-refractivity contribution in [1.29, 1.82) is 0 Å². The van der Waals surface area contributed by atoms with Crippen LogP contribution in [0.25, 0.3) is 33.0 Å². The Labute approximate surface area is 401 Å². The number of pyridine rings is 1. The molecule has 70 heavy (non-hydrogen) atoms. The lowest BCUT2D eigenvalue weighted by atomic mass is 10.0. The summed E-state index contributed by atoms with van der Waals surface area (Å²) < 4.78 is 45.9. The summed E-state index contributed by atoms with van der Waals surface area (Å²) in [4.78, 5) is 82.6. The molecule has 1 aliphatic rings. The fourth-order valence-corrected chi connectivity index (χ4v) is 9.09. The van der Waals surface area contributed by atoms with Crippen LogP contribution in [0.2, 0.25) is 0 Å². The molecule has 7 N–H and O–H groups in total. The highest BCUT2D eigenvalue weighted by atomic mass is 32.2. The van der Waals surface area contributed by atoms with E-state index < -0.39 is 33.4 Å². The van der Waals surface area contributed by atoms with Crippen LogP contribution in [0, 0.1) is 13.8 Å². The number of likely N-dealkylation sites (tertiary alicyclic amines) is 1. The van der Waals surface area contributed by atoms with Gasteiger partial charge in [0, 0.05) is 55.0 Å². The summed E-state index contributed by atoms with van der Waals surface area (Å²) in [5, 5.41) is 10.1. The molecule has 362 valence electrons. The third-order valence-corrected chi connectivity index (χ3v) is 12.6. The van der Waals surface area contributed by atoms with Gasteiger partial charge >= 0.3 is 5.97 Å². The molecule has 0 saturated carbocycles. The zero-order chi connectivity index (χ0) is 49.5. The number of H-pyrrole nitrogens is 1. The first kappa shape index (κ1) is 48.6. The number of carbonyl (C=O) groups excluding carboxylic acids is 4. The third-order valence-electron chi connectivity index (χ3n) is 11.8. The second kappa shape index (κ2) is 21.2. The molecule has 0 spiro atoms. The number of hydrogen-bond donors (Lipinski definition) is 6. The van der Waals surface area contributed by atoms with Gasteiger partial charge in [-0.25, -0.2) is 14.8 Å². The maximum Gasteiger partial charge on any atom is 0.345 e. The lowest BCUT2D eigenvalue weighted by Crippen LogP contribution is -2.46. The van der Waals surface area contributed by atoms with E-state index >= 15 is 0 Å². The summed E-state index contributed by atoms with van der Waals surface area (Å²) in [5.74, 6) is -1.63. The quantitative estimate of drug-likeness (QED) is 0.0178. The Balaban J connectivity index is 0.786. The van der Waals surface area contributed by atoms with Crippen molar-refractivity contribution in [2.75, 3.05) is 49.7 Å². The first-order chi connectivity index (χ1) is 33.6. The highest BCUT2D eigenvalue weighted by molar-refractivity contribution is 7.85. The van der Waals surface area contributed by atoms with Gasteiger partial charge < -0.3 is 36.1 Å². The number of aromatic amines is 1. The standard InChI is InChI=1S/C49H50N10O10S/c1-29-25-32(26-30(2)42(29)69-48(64)40-35-9-3-5-11-37(35)58(21-8-24-70(65,66)67)38-12-6-4-10-36(38)40)44(60)51-18-22-68-23-19-52-45(61)39-13-7-20-59(39)47(63)31-14-16-33(17-15-31)53-27-34-28-54-43-41(55-34)46(62)57-49(50)56-43/h3-6,9-12,14-17,25-26,28,39H,7-8,13,18-24,27H2,1-2H3,(H6-,50,51,52,53,54,56,57,60,61,62,63,65,66,67)/p+1. The van der Waals surface area contributed by atoms with E-state index in [1.165, 1.54) is 6.20 Å². The zero-order valence-electron chi connectivity index (χ0n) is 38.4. The van der Waals surface area contributed by atoms with Gasteiger partial charge in [0.25, 0.3) is 27.5 Å². The number of benzene rings is 4. The van der Waals surface area contributed by atoms with Gasteiger partial charge in [-0.15, -0.1) is 0 Å². The molecule has 1 aliphatic heterocycles. The number of nitrogens with zero attached hydrogens (tertiary/aromatic N) is 5. The normalized spacial score (nSPS) is 13.7. The first-order valence-electron chi connectivity index (χ1n) is 22.6. The largest absolute Gasteiger partial charge is 0.422 e. The van der Waals surface area contributed by atoms with Crippen LogP contribution in [0.15, 0.2) is 95.9 Å². The Kier molecular flexibility index (Phi) is 14.7. The van der Waals surface area contributed by atoms with Gasteiger partial charge in [-0.1, -0.05) is 24.3 Å². The summed E-state index contributed by atoms with van der Waals surface area (Å²) >= 11 is 0. The van der Waals surface area contributed by atoms with E-state index in [1.807, 2.05) is 28.8 Å². The Morgan fingerprint density at radius 2 is 1.56 bits per heavy atom. The lowest BCUT2D eigenvalue weighted by Gasteiger charge is -2.24. The summed E-state index contributed by atoms with van der Waals surface area (Å²) in [6, 6.07) is 24.0. The van der Waals surface area contributed by atoms with Gasteiger partial charge in [-0.2, -0.15) is 18.0 Å². The monoisotopic (exact) mass is 971 g/mol. The number of nitrogens with one attached hydrogen (secondary N) is 4. The zero-order valence-corrected chi connectivity index (χ0v) is 39.2. The number of fused-ring (bicyclic) bond motifs is 3. The number of para-hydroxylation sites is 2. The highest BCUT2D eigenvalue weighted by Gasteiger charge is 2.34. The minimum Gasteiger partial charge on any atom is -0.422 e. The average molecular weight is 972 g/mol. The second-order valence-electron chi connectivity index (χ2n) is 16.8. The Morgan fingerprint density at radius 1 is 0.900 bits per heavy atom. The van der Waals surface area contributed by atoms with E-state index in [0.717, 1.165) is 0 Å². The molecule has 0 aliphatic carbocycles. The number of amides is 3. The van der Waals surface area contributed by atoms with Gasteiger partial charge in [-0.05, 0) is 86.3 Å². The van der Waals surface area contributed by atoms with E-state index in [0.29, 0.717) is 86.1 Å². The average Bonchev–Trinajstić information content (AvgIpc) is 3.84. The van der Waals surface area contributed by atoms with E-state index in [1.54, 1.807) is 79.4 Å². The molecule has 1 saturated heterocycles. The number of carbonyl (C=O) groups is 4. The molecule has 1 atom stereocenters. The topological polar surface area (TPSA) is 282 Å². The Morgan fingerprint density at radius 3 is 2.23 bits per heavy atom. The number of aromatic nitrogens is 5. The molecule has 3 aromatic heterocycles. The molecule has 3 amide bonds. The van der Waals surface area contributed by atoms with Crippen LogP contribution >= 0.6 is 0 Å². The van der Waals surface area contributed by atoms with Gasteiger partial charge in [0.2, 0.25) is 22.9 Å². The Bertz CT molecular complexity index is 3250. The van der Waals surface area contributed by atoms with Crippen LogP contribution in [-0.4, -0.2) is 106 Å². The van der Waals surface area contributed by atoms with Crippen molar-refractivity contribution in [2.24, 2.45) is 0 Å². The number of anilines is 2. The van der Waals surface area contributed by atoms with E-state index in [9.17, 15) is 36.9 Å². The van der Waals surface area contributed by atoms with Crippen molar-refractivity contribution >= 4 is 78.4 Å². The van der Waals surface area contributed by atoms with Gasteiger partial charge in [-0.3, -0.25) is 28.7 Å². The molecule has 1 fully saturated rings. The number of rotatable bonds is 18. The van der Waals surface area contributed by atoms with Gasteiger partial charge in [0.1, 0.15) is 11.8 Å². The number of esters is 1. The molecule has 8 rings (SSSR count). The third kappa shape index (κ3) is 11.2. The fourth-order valence-electron chi connectivity index (χ4n) is 8.60. The van der Waals surface area contributed by atoms with Crippen molar-refractivity contribution in [2.45, 2.75) is 52.2 Å². The maximum absolute atomic E-state index is 14.1. The molecular formula is C49H51N10O10S+. The van der Waals surface area contributed by atoms with Crippen molar-refractivity contribution in [1.82, 2.24) is 35.5 Å². The Hall–Kier alpha value is -7.88. The second-order valence-corrected chi connectivity index (χ2v) is 18.3. The highest BCUT2D eigenvalue weighted by Crippen LogP contribution is 2.30. The molecular weight excluding hydrogens is 921 g/mol. The molecule has 20 nitrogen and oxygen atoms in total. The summed E-state index contributed by atoms with van der Waals surface area (Å²) in [6.07, 6.45) is 2.86. The van der Waals surface area contributed by atoms with Crippen LogP contribution in [0.5, 0.6) is 5.75 Å². The van der Waals surface area contributed by atoms with Gasteiger partial charge in [0.05, 0.1) is 53.7 Å². The number of nitrogens with two attached hydrogens (primary N) is 1. The predicted molar refractivity (Wildman–Crippen MR) is 260 cm³/mol. The van der Waals surface area contributed by atoms with E-state index in [2.05, 4.69) is 35.9 Å². The van der Waals surface area contributed by atoms with Crippen molar-refractivity contribution in [3.63, 3.8) is 0 Å². The molecule has 7 aromatic rings. The van der Waals surface area contributed by atoms with Crippen LogP contribution in [0.3, 0.4) is 0 Å². The van der Waals surface area contributed by atoms with Crippen LogP contribution in [-0.2, 0) is 32.7 Å². The minimum absolute atomic E-state index is 0.0443. The van der Waals surface area contributed by atoms with Crippen molar-refractivity contribution < 1.29 is 46.2 Å².